The fourth-order valence-electron chi connectivity index (χ4n) is 4.11. The Kier molecular flexibility index (Phi) is 4.43. The zero-order chi connectivity index (χ0) is 13.8. The van der Waals surface area contributed by atoms with Crippen molar-refractivity contribution in [3.63, 3.8) is 0 Å². The first-order valence-electron chi connectivity index (χ1n) is 8.12. The predicted octanol–water partition coefficient (Wildman–Crippen LogP) is 3.57. The van der Waals surface area contributed by atoms with Crippen molar-refractivity contribution in [1.29, 1.82) is 0 Å². The Hall–Kier alpha value is -1.26. The summed E-state index contributed by atoms with van der Waals surface area (Å²) in [5.74, 6) is 4.42. The molecule has 2 bridgehead atoms. The zero-order valence-corrected chi connectivity index (χ0v) is 12.3. The Morgan fingerprint density at radius 2 is 1.70 bits per heavy atom. The third kappa shape index (κ3) is 2.91. The number of terminal acetylenes is 1. The lowest BCUT2D eigenvalue weighted by Crippen LogP contribution is -2.38. The molecule has 0 spiro atoms. The fourth-order valence-corrected chi connectivity index (χ4v) is 4.11. The van der Waals surface area contributed by atoms with Crippen LogP contribution in [0.1, 0.15) is 43.2 Å². The molecule has 1 N–H and O–H groups in total. The molecule has 20 heavy (non-hydrogen) atoms. The van der Waals surface area contributed by atoms with E-state index in [1.807, 2.05) is 0 Å². The van der Waals surface area contributed by atoms with Crippen LogP contribution in [0, 0.1) is 24.2 Å². The van der Waals surface area contributed by atoms with Crippen LogP contribution in [-0.4, -0.2) is 12.6 Å². The van der Waals surface area contributed by atoms with E-state index in [0.717, 1.165) is 37.3 Å². The van der Waals surface area contributed by atoms with Crippen molar-refractivity contribution in [3.8, 4) is 12.3 Å². The van der Waals surface area contributed by atoms with Crippen LogP contribution in [-0.2, 0) is 12.8 Å². The summed E-state index contributed by atoms with van der Waals surface area (Å²) in [6, 6.07) is 9.79. The molecule has 0 amide bonds. The smallest absolute Gasteiger partial charge is 0.0130 e. The molecule has 106 valence electrons. The van der Waals surface area contributed by atoms with Crippen LogP contribution in [0.25, 0.3) is 0 Å². The van der Waals surface area contributed by atoms with Crippen LogP contribution in [0.5, 0.6) is 0 Å². The summed E-state index contributed by atoms with van der Waals surface area (Å²) >= 11 is 0. The molecule has 1 nitrogen and oxygen atoms in total. The molecule has 1 aromatic carbocycles. The van der Waals surface area contributed by atoms with Gasteiger partial charge in [-0.2, -0.15) is 0 Å². The summed E-state index contributed by atoms with van der Waals surface area (Å²) in [5.41, 5.74) is 3.19. The number of hydrogen-bond acceptors (Lipinski definition) is 1. The van der Waals surface area contributed by atoms with E-state index in [1.54, 1.807) is 11.1 Å². The van der Waals surface area contributed by atoms with Crippen LogP contribution < -0.4 is 5.32 Å². The standard InChI is InChI=1S/C19H25N/c1-2-3-4-7-12-20-19-17-10-11-18(19)14-16-9-6-5-8-15(16)13-17/h1,5-6,8-9,17-20H,3-4,7,10-14H2. The summed E-state index contributed by atoms with van der Waals surface area (Å²) in [6.07, 6.45) is 14.0. The van der Waals surface area contributed by atoms with E-state index < -0.39 is 0 Å². The molecule has 1 saturated carbocycles. The van der Waals surface area contributed by atoms with Gasteiger partial charge in [-0.05, 0) is 68.0 Å². The molecule has 2 atom stereocenters. The number of hydrogen-bond donors (Lipinski definition) is 1. The largest absolute Gasteiger partial charge is 0.313 e. The number of benzene rings is 1. The van der Waals surface area contributed by atoms with Gasteiger partial charge in [-0.15, -0.1) is 12.3 Å². The van der Waals surface area contributed by atoms with Gasteiger partial charge in [-0.25, -0.2) is 0 Å². The van der Waals surface area contributed by atoms with E-state index in [0.29, 0.717) is 0 Å². The third-order valence-electron chi connectivity index (χ3n) is 5.13. The first kappa shape index (κ1) is 13.7. The first-order valence-corrected chi connectivity index (χ1v) is 8.12. The van der Waals surface area contributed by atoms with E-state index in [1.165, 1.54) is 32.1 Å². The molecule has 0 saturated heterocycles. The van der Waals surface area contributed by atoms with Crippen LogP contribution in [0.15, 0.2) is 24.3 Å². The molecule has 2 aliphatic rings. The SMILES string of the molecule is C#CCCCCNC1C2CCC1Cc1ccccc1C2. The number of nitrogens with one attached hydrogen (secondary N) is 1. The molecule has 0 heterocycles. The van der Waals surface area contributed by atoms with Crippen molar-refractivity contribution in [2.24, 2.45) is 11.8 Å². The molecule has 0 aromatic heterocycles. The van der Waals surface area contributed by atoms with Crippen molar-refractivity contribution in [2.75, 3.05) is 6.54 Å². The van der Waals surface area contributed by atoms with Gasteiger partial charge in [0, 0.05) is 12.5 Å². The van der Waals surface area contributed by atoms with Gasteiger partial charge in [0.15, 0.2) is 0 Å². The van der Waals surface area contributed by atoms with Crippen LogP contribution in [0.4, 0.5) is 0 Å². The summed E-state index contributed by atoms with van der Waals surface area (Å²) in [7, 11) is 0. The second-order valence-corrected chi connectivity index (χ2v) is 6.42. The lowest BCUT2D eigenvalue weighted by Gasteiger charge is -2.23. The molecule has 1 heteroatoms. The predicted molar refractivity (Wildman–Crippen MR) is 84.5 cm³/mol. The summed E-state index contributed by atoms with van der Waals surface area (Å²) in [5, 5.41) is 3.85. The van der Waals surface area contributed by atoms with Gasteiger partial charge < -0.3 is 5.32 Å². The molecule has 1 aromatic rings. The normalized spacial score (nSPS) is 27.6. The molecule has 1 fully saturated rings. The average Bonchev–Trinajstić information content (AvgIpc) is 2.74. The van der Waals surface area contributed by atoms with Crippen molar-refractivity contribution >= 4 is 0 Å². The number of rotatable bonds is 5. The molecule has 0 aliphatic heterocycles. The third-order valence-corrected chi connectivity index (χ3v) is 5.13. The maximum atomic E-state index is 5.31. The van der Waals surface area contributed by atoms with E-state index in [2.05, 4.69) is 35.5 Å². The monoisotopic (exact) mass is 267 g/mol. The molecule has 2 unspecified atom stereocenters. The topological polar surface area (TPSA) is 12.0 Å². The highest BCUT2D eigenvalue weighted by atomic mass is 14.9. The van der Waals surface area contributed by atoms with Crippen LogP contribution in [0.2, 0.25) is 0 Å². The maximum Gasteiger partial charge on any atom is 0.0130 e. The van der Waals surface area contributed by atoms with Gasteiger partial charge in [0.2, 0.25) is 0 Å². The van der Waals surface area contributed by atoms with E-state index in [9.17, 15) is 0 Å². The fraction of sp³-hybridized carbons (Fsp3) is 0.579. The molecule has 2 aliphatic carbocycles. The van der Waals surface area contributed by atoms with Gasteiger partial charge in [0.05, 0.1) is 0 Å². The van der Waals surface area contributed by atoms with Crippen LogP contribution in [0.3, 0.4) is 0 Å². The minimum absolute atomic E-state index is 0.730. The Labute approximate surface area is 123 Å². The second kappa shape index (κ2) is 6.46. The number of unbranched alkanes of at least 4 members (excludes halogenated alkanes) is 2. The van der Waals surface area contributed by atoms with Gasteiger partial charge >= 0.3 is 0 Å². The molecule has 0 radical (unpaired) electrons. The lowest BCUT2D eigenvalue weighted by atomic mass is 9.94. The maximum absolute atomic E-state index is 5.31. The van der Waals surface area contributed by atoms with Crippen molar-refractivity contribution in [1.82, 2.24) is 5.32 Å². The molecular formula is C19H25N. The van der Waals surface area contributed by atoms with Gasteiger partial charge in [0.25, 0.3) is 0 Å². The van der Waals surface area contributed by atoms with Crippen LogP contribution >= 0.6 is 0 Å². The second-order valence-electron chi connectivity index (χ2n) is 6.42. The minimum Gasteiger partial charge on any atom is -0.313 e. The average molecular weight is 267 g/mol. The Bertz CT molecular complexity index is 452. The quantitative estimate of drug-likeness (QED) is 0.635. The van der Waals surface area contributed by atoms with Crippen molar-refractivity contribution in [3.05, 3.63) is 35.4 Å². The van der Waals surface area contributed by atoms with Gasteiger partial charge in [-0.3, -0.25) is 0 Å². The zero-order valence-electron chi connectivity index (χ0n) is 12.3. The van der Waals surface area contributed by atoms with Gasteiger partial charge in [-0.1, -0.05) is 24.3 Å². The Balaban J connectivity index is 1.60. The minimum atomic E-state index is 0.730. The highest BCUT2D eigenvalue weighted by Gasteiger charge is 2.38. The van der Waals surface area contributed by atoms with E-state index in [4.69, 9.17) is 6.42 Å². The highest BCUT2D eigenvalue weighted by molar-refractivity contribution is 5.30. The Morgan fingerprint density at radius 1 is 1.05 bits per heavy atom. The highest BCUT2D eigenvalue weighted by Crippen LogP contribution is 2.39. The number of fused-ring (bicyclic) bond motifs is 3. The van der Waals surface area contributed by atoms with Crippen molar-refractivity contribution < 1.29 is 0 Å². The van der Waals surface area contributed by atoms with Gasteiger partial charge in [0.1, 0.15) is 0 Å². The first-order chi connectivity index (χ1) is 9.88. The molecular weight excluding hydrogens is 242 g/mol. The van der Waals surface area contributed by atoms with Crippen molar-refractivity contribution in [2.45, 2.75) is 51.0 Å². The molecule has 3 rings (SSSR count). The van der Waals surface area contributed by atoms with E-state index >= 15 is 0 Å². The van der Waals surface area contributed by atoms with E-state index in [-0.39, 0.29) is 0 Å². The summed E-state index contributed by atoms with van der Waals surface area (Å²) < 4.78 is 0. The summed E-state index contributed by atoms with van der Waals surface area (Å²) in [4.78, 5) is 0. The Morgan fingerprint density at radius 3 is 2.30 bits per heavy atom. The lowest BCUT2D eigenvalue weighted by molar-refractivity contribution is 0.340. The summed E-state index contributed by atoms with van der Waals surface area (Å²) in [6.45, 7) is 1.13.